The number of nitrogens with one attached hydrogen (secondary N) is 2. The van der Waals surface area contributed by atoms with E-state index >= 15 is 0 Å². The van der Waals surface area contributed by atoms with Crippen LogP contribution in [0.25, 0.3) is 11.8 Å². The van der Waals surface area contributed by atoms with Gasteiger partial charge in [-0.1, -0.05) is 5.73 Å². The molecule has 0 aromatic carbocycles. The highest BCUT2D eigenvalue weighted by molar-refractivity contribution is 5.82. The summed E-state index contributed by atoms with van der Waals surface area (Å²) >= 11 is 0. The average molecular weight is 180 g/mol. The SMILES string of the molecule is CC=c1[nH]c(=O)c(=C=CC(=O)O)[nH]1. The van der Waals surface area contributed by atoms with Crippen molar-refractivity contribution in [3.63, 3.8) is 0 Å². The standard InChI is InChI=1S/C8H8N2O3/c1-2-6-9-5(8(13)10-6)3-4-7(11)12/h2,4,9H,1H3,(H,10,13)(H,11,12). The normalized spacial score (nSPS) is 11.0. The first-order valence-corrected chi connectivity index (χ1v) is 3.58. The molecule has 0 spiro atoms. The molecule has 0 aliphatic rings. The predicted molar refractivity (Wildman–Crippen MR) is 46.4 cm³/mol. The van der Waals surface area contributed by atoms with Crippen LogP contribution in [-0.2, 0) is 4.79 Å². The van der Waals surface area contributed by atoms with Gasteiger partial charge >= 0.3 is 5.97 Å². The van der Waals surface area contributed by atoms with Crippen LogP contribution in [0, 0.1) is 0 Å². The second-order valence-corrected chi connectivity index (χ2v) is 2.28. The number of H-pyrrole nitrogens is 2. The topological polar surface area (TPSA) is 85.9 Å². The van der Waals surface area contributed by atoms with Crippen molar-refractivity contribution in [1.82, 2.24) is 9.97 Å². The molecule has 0 aliphatic heterocycles. The first kappa shape index (κ1) is 9.09. The third-order valence-corrected chi connectivity index (χ3v) is 1.36. The van der Waals surface area contributed by atoms with Crippen molar-refractivity contribution < 1.29 is 9.90 Å². The largest absolute Gasteiger partial charge is 0.478 e. The van der Waals surface area contributed by atoms with Crippen LogP contribution in [0.2, 0.25) is 0 Å². The Labute approximate surface area is 72.7 Å². The quantitative estimate of drug-likeness (QED) is 0.461. The van der Waals surface area contributed by atoms with Gasteiger partial charge in [-0.25, -0.2) is 4.79 Å². The Balaban J connectivity index is 3.48. The van der Waals surface area contributed by atoms with E-state index in [2.05, 4.69) is 15.7 Å². The molecule has 0 amide bonds. The number of carboxylic acid groups (broad SMARTS) is 1. The van der Waals surface area contributed by atoms with Crippen molar-refractivity contribution in [2.24, 2.45) is 0 Å². The van der Waals surface area contributed by atoms with Crippen LogP contribution in [0.4, 0.5) is 0 Å². The molecule has 5 nitrogen and oxygen atoms in total. The fraction of sp³-hybridized carbons (Fsp3) is 0.125. The fourth-order valence-corrected chi connectivity index (χ4v) is 0.787. The number of hydrogen-bond donors (Lipinski definition) is 3. The fourth-order valence-electron chi connectivity index (χ4n) is 0.787. The molecule has 5 heteroatoms. The first-order valence-electron chi connectivity index (χ1n) is 3.58. The third kappa shape index (κ3) is 2.21. The van der Waals surface area contributed by atoms with Crippen LogP contribution in [0.3, 0.4) is 0 Å². The van der Waals surface area contributed by atoms with Gasteiger partial charge in [0, 0.05) is 0 Å². The van der Waals surface area contributed by atoms with Gasteiger partial charge in [0.2, 0.25) is 0 Å². The van der Waals surface area contributed by atoms with Crippen molar-refractivity contribution in [2.45, 2.75) is 6.92 Å². The second kappa shape index (κ2) is 3.60. The summed E-state index contributed by atoms with van der Waals surface area (Å²) in [5.41, 5.74) is 2.47. The zero-order valence-corrected chi connectivity index (χ0v) is 6.92. The van der Waals surface area contributed by atoms with Gasteiger partial charge in [0.25, 0.3) is 5.56 Å². The summed E-state index contributed by atoms with van der Waals surface area (Å²) in [4.78, 5) is 26.3. The number of carbonyl (C=O) groups is 1. The van der Waals surface area contributed by atoms with Crippen LogP contribution >= 0.6 is 0 Å². The first-order chi connectivity index (χ1) is 6.13. The lowest BCUT2D eigenvalue weighted by Gasteiger charge is -1.69. The summed E-state index contributed by atoms with van der Waals surface area (Å²) in [6.45, 7) is 1.74. The van der Waals surface area contributed by atoms with E-state index in [-0.39, 0.29) is 10.9 Å². The van der Waals surface area contributed by atoms with Crippen molar-refractivity contribution >= 4 is 17.8 Å². The number of hydrogen-bond acceptors (Lipinski definition) is 2. The lowest BCUT2D eigenvalue weighted by molar-refractivity contribution is -0.131. The highest BCUT2D eigenvalue weighted by atomic mass is 16.4. The minimum absolute atomic E-state index is 0.107. The number of carboxylic acids is 1. The molecule has 68 valence electrons. The Morgan fingerprint density at radius 2 is 2.23 bits per heavy atom. The van der Waals surface area contributed by atoms with Gasteiger partial charge in [-0.2, -0.15) is 0 Å². The molecule has 3 N–H and O–H groups in total. The van der Waals surface area contributed by atoms with Crippen molar-refractivity contribution in [3.05, 3.63) is 27.3 Å². The van der Waals surface area contributed by atoms with E-state index in [9.17, 15) is 9.59 Å². The minimum Gasteiger partial charge on any atom is -0.478 e. The zero-order valence-electron chi connectivity index (χ0n) is 6.92. The Morgan fingerprint density at radius 1 is 1.54 bits per heavy atom. The van der Waals surface area contributed by atoms with E-state index in [1.165, 1.54) is 0 Å². The van der Waals surface area contributed by atoms with Crippen LogP contribution in [0.15, 0.2) is 10.9 Å². The van der Waals surface area contributed by atoms with Crippen molar-refractivity contribution in [3.8, 4) is 0 Å². The highest BCUT2D eigenvalue weighted by Gasteiger charge is 1.89. The van der Waals surface area contributed by atoms with Crippen molar-refractivity contribution in [1.29, 1.82) is 0 Å². The zero-order chi connectivity index (χ0) is 9.84. The Hall–Kier alpha value is -2.00. The highest BCUT2D eigenvalue weighted by Crippen LogP contribution is 1.61. The molecule has 13 heavy (non-hydrogen) atoms. The van der Waals surface area contributed by atoms with Crippen molar-refractivity contribution in [2.75, 3.05) is 0 Å². The Bertz CT molecular complexity index is 514. The van der Waals surface area contributed by atoms with Crippen LogP contribution < -0.4 is 16.4 Å². The lowest BCUT2D eigenvalue weighted by Crippen LogP contribution is -2.21. The number of imidazole rings is 1. The van der Waals surface area contributed by atoms with Gasteiger partial charge in [-0.3, -0.25) is 4.79 Å². The maximum absolute atomic E-state index is 11.0. The smallest absolute Gasteiger partial charge is 0.336 e. The van der Waals surface area contributed by atoms with E-state index in [1.807, 2.05) is 0 Å². The van der Waals surface area contributed by atoms with Crippen LogP contribution in [0.1, 0.15) is 6.92 Å². The average Bonchev–Trinajstić information content (AvgIpc) is 2.43. The predicted octanol–water partition coefficient (Wildman–Crippen LogP) is -1.48. The van der Waals surface area contributed by atoms with E-state index in [1.54, 1.807) is 13.0 Å². The summed E-state index contributed by atoms with van der Waals surface area (Å²) in [7, 11) is 0. The number of aromatic nitrogens is 2. The second-order valence-electron chi connectivity index (χ2n) is 2.28. The molecule has 1 aromatic heterocycles. The Kier molecular flexibility index (Phi) is 2.52. The summed E-state index contributed by atoms with van der Waals surface area (Å²) < 4.78 is 0. The number of rotatable bonds is 1. The minimum atomic E-state index is -1.14. The number of aliphatic carboxylic acids is 1. The van der Waals surface area contributed by atoms with Gasteiger partial charge in [-0.05, 0) is 13.0 Å². The van der Waals surface area contributed by atoms with E-state index in [0.29, 0.717) is 5.48 Å². The van der Waals surface area contributed by atoms with Gasteiger partial charge in [0.1, 0.15) is 10.8 Å². The summed E-state index contributed by atoms with van der Waals surface area (Å²) in [5.74, 6) is -1.14. The van der Waals surface area contributed by atoms with E-state index < -0.39 is 5.97 Å². The Morgan fingerprint density at radius 3 is 2.69 bits per heavy atom. The molecule has 1 rings (SSSR count). The molecule has 0 unspecified atom stereocenters. The molecule has 0 aliphatic carbocycles. The summed E-state index contributed by atoms with van der Waals surface area (Å²) in [5, 5.41) is 8.38. The molecule has 1 heterocycles. The molecule has 0 radical (unpaired) electrons. The molecular formula is C8H8N2O3. The monoisotopic (exact) mass is 180 g/mol. The molecule has 0 atom stereocenters. The third-order valence-electron chi connectivity index (χ3n) is 1.36. The van der Waals surface area contributed by atoms with Gasteiger partial charge in [0.05, 0.1) is 6.08 Å². The van der Waals surface area contributed by atoms with E-state index in [0.717, 1.165) is 6.08 Å². The molecule has 0 saturated carbocycles. The summed E-state index contributed by atoms with van der Waals surface area (Å²) in [6, 6.07) is 0. The van der Waals surface area contributed by atoms with Gasteiger partial charge < -0.3 is 15.1 Å². The number of aromatic amines is 2. The van der Waals surface area contributed by atoms with Crippen LogP contribution in [-0.4, -0.2) is 21.0 Å². The summed E-state index contributed by atoms with van der Waals surface area (Å²) in [6.07, 6.45) is 2.44. The van der Waals surface area contributed by atoms with Crippen LogP contribution in [0.5, 0.6) is 0 Å². The van der Waals surface area contributed by atoms with E-state index in [4.69, 9.17) is 5.11 Å². The molecular weight excluding hydrogens is 172 g/mol. The molecule has 0 saturated heterocycles. The van der Waals surface area contributed by atoms with Gasteiger partial charge in [0.15, 0.2) is 0 Å². The lowest BCUT2D eigenvalue weighted by atomic mass is 10.5. The molecule has 0 fully saturated rings. The molecule has 1 aromatic rings. The maximum atomic E-state index is 11.0. The van der Waals surface area contributed by atoms with Gasteiger partial charge in [-0.15, -0.1) is 0 Å². The molecule has 0 bridgehead atoms. The maximum Gasteiger partial charge on any atom is 0.336 e.